The van der Waals surface area contributed by atoms with Crippen LogP contribution in [-0.4, -0.2) is 29.0 Å². The number of esters is 1. The van der Waals surface area contributed by atoms with Crippen LogP contribution in [0.4, 0.5) is 0 Å². The lowest BCUT2D eigenvalue weighted by molar-refractivity contribution is -0.125. The van der Waals surface area contributed by atoms with Gasteiger partial charge in [-0.2, -0.15) is 5.26 Å². The number of aromatic nitrogens is 1. The Bertz CT molecular complexity index is 630. The van der Waals surface area contributed by atoms with Crippen molar-refractivity contribution in [2.24, 2.45) is 5.92 Å². The molecule has 0 saturated carbocycles. The van der Waals surface area contributed by atoms with Crippen molar-refractivity contribution < 1.29 is 14.3 Å². The van der Waals surface area contributed by atoms with Crippen LogP contribution in [0.15, 0.2) is 23.1 Å². The Labute approximate surface area is 121 Å². The lowest BCUT2D eigenvalue weighted by Crippen LogP contribution is -2.50. The average Bonchev–Trinajstić information content (AvgIpc) is 2.44. The molecule has 0 fully saturated rings. The second-order valence-corrected chi connectivity index (χ2v) is 5.01. The van der Waals surface area contributed by atoms with Crippen molar-refractivity contribution in [3.05, 3.63) is 34.2 Å². The molecule has 2 N–H and O–H groups in total. The maximum absolute atomic E-state index is 11.7. The molecule has 0 saturated heterocycles. The number of H-pyrrole nitrogens is 1. The average molecular weight is 291 g/mol. The summed E-state index contributed by atoms with van der Waals surface area (Å²) in [6, 6.07) is 4.78. The Balaban J connectivity index is 2.62. The molecule has 0 aromatic carbocycles. The Morgan fingerprint density at radius 1 is 1.52 bits per heavy atom. The molecule has 0 spiro atoms. The van der Waals surface area contributed by atoms with Crippen LogP contribution in [0.5, 0.6) is 0 Å². The van der Waals surface area contributed by atoms with Crippen molar-refractivity contribution in [1.29, 1.82) is 5.26 Å². The van der Waals surface area contributed by atoms with Crippen LogP contribution in [0.25, 0.3) is 0 Å². The highest BCUT2D eigenvalue weighted by atomic mass is 16.5. The van der Waals surface area contributed by atoms with E-state index in [1.807, 2.05) is 6.07 Å². The van der Waals surface area contributed by atoms with Crippen molar-refractivity contribution in [3.63, 3.8) is 0 Å². The van der Waals surface area contributed by atoms with E-state index in [9.17, 15) is 14.4 Å². The molecule has 0 radical (unpaired) electrons. The summed E-state index contributed by atoms with van der Waals surface area (Å²) in [5.74, 6) is -1.61. The number of hydrogen-bond donors (Lipinski definition) is 2. The predicted octanol–water partition coefficient (Wildman–Crippen LogP) is 0.586. The van der Waals surface area contributed by atoms with Gasteiger partial charge in [0.15, 0.2) is 6.61 Å². The van der Waals surface area contributed by atoms with E-state index in [0.717, 1.165) is 0 Å². The number of nitriles is 1. The summed E-state index contributed by atoms with van der Waals surface area (Å²) in [6.07, 6.45) is 1.38. The third-order valence-electron chi connectivity index (χ3n) is 3.16. The smallest absolute Gasteiger partial charge is 0.344 e. The SMILES string of the molecule is CC(C)[C@](C)(C#N)NC(=O)COC(=O)c1ccc[nH]c1=O. The van der Waals surface area contributed by atoms with E-state index < -0.39 is 29.6 Å². The molecule has 0 aliphatic rings. The number of hydrogen-bond acceptors (Lipinski definition) is 5. The van der Waals surface area contributed by atoms with Crippen LogP contribution in [0.2, 0.25) is 0 Å². The van der Waals surface area contributed by atoms with Gasteiger partial charge in [-0.1, -0.05) is 13.8 Å². The zero-order chi connectivity index (χ0) is 16.0. The van der Waals surface area contributed by atoms with Crippen LogP contribution in [0.3, 0.4) is 0 Å². The van der Waals surface area contributed by atoms with Crippen molar-refractivity contribution in [3.8, 4) is 6.07 Å². The van der Waals surface area contributed by atoms with Crippen LogP contribution in [-0.2, 0) is 9.53 Å². The standard InChI is InChI=1S/C14H17N3O4/c1-9(2)14(3,8-15)17-11(18)7-21-13(20)10-5-4-6-16-12(10)19/h4-6,9H,7H2,1-3H3,(H,16,19)(H,17,18)/t14-/m0/s1. The van der Waals surface area contributed by atoms with Gasteiger partial charge in [0, 0.05) is 6.20 Å². The number of ether oxygens (including phenoxy) is 1. The van der Waals surface area contributed by atoms with Gasteiger partial charge in [0.1, 0.15) is 11.1 Å². The molecule has 0 aliphatic heterocycles. The number of nitrogens with one attached hydrogen (secondary N) is 2. The molecule has 1 aromatic heterocycles. The fraction of sp³-hybridized carbons (Fsp3) is 0.429. The summed E-state index contributed by atoms with van der Waals surface area (Å²) in [7, 11) is 0. The zero-order valence-electron chi connectivity index (χ0n) is 12.1. The summed E-state index contributed by atoms with van der Waals surface area (Å²) in [4.78, 5) is 37.1. The molecule has 1 rings (SSSR count). The highest BCUT2D eigenvalue weighted by Gasteiger charge is 2.30. The first kappa shape index (κ1) is 16.4. The molecule has 7 heteroatoms. The Kier molecular flexibility index (Phi) is 5.24. The Hall–Kier alpha value is -2.62. The highest BCUT2D eigenvalue weighted by molar-refractivity contribution is 5.91. The minimum absolute atomic E-state index is 0.112. The topological polar surface area (TPSA) is 112 Å². The minimum atomic E-state index is -1.05. The quantitative estimate of drug-likeness (QED) is 0.771. The fourth-order valence-electron chi connectivity index (χ4n) is 1.42. The molecular weight excluding hydrogens is 274 g/mol. The number of pyridine rings is 1. The largest absolute Gasteiger partial charge is 0.452 e. The molecule has 0 unspecified atom stereocenters. The number of carbonyl (C=O) groups is 2. The molecule has 1 atom stereocenters. The number of nitrogens with zero attached hydrogens (tertiary/aromatic N) is 1. The summed E-state index contributed by atoms with van der Waals surface area (Å²) in [6.45, 7) is 4.61. The monoisotopic (exact) mass is 291 g/mol. The lowest BCUT2D eigenvalue weighted by Gasteiger charge is -2.27. The van der Waals surface area contributed by atoms with Gasteiger partial charge in [0.25, 0.3) is 11.5 Å². The van der Waals surface area contributed by atoms with E-state index in [-0.39, 0.29) is 11.5 Å². The highest BCUT2D eigenvalue weighted by Crippen LogP contribution is 2.14. The number of amides is 1. The third-order valence-corrected chi connectivity index (χ3v) is 3.16. The summed E-state index contributed by atoms with van der Waals surface area (Å²) in [5.41, 5.74) is -1.82. The third kappa shape index (κ3) is 4.18. The second-order valence-electron chi connectivity index (χ2n) is 5.01. The van der Waals surface area contributed by atoms with E-state index in [1.54, 1.807) is 20.8 Å². The van der Waals surface area contributed by atoms with Crippen molar-refractivity contribution >= 4 is 11.9 Å². The van der Waals surface area contributed by atoms with Gasteiger partial charge in [0.05, 0.1) is 6.07 Å². The van der Waals surface area contributed by atoms with E-state index in [4.69, 9.17) is 10.00 Å². The molecule has 7 nitrogen and oxygen atoms in total. The molecule has 1 aromatic rings. The minimum Gasteiger partial charge on any atom is -0.452 e. The zero-order valence-corrected chi connectivity index (χ0v) is 12.1. The number of aromatic amines is 1. The molecule has 112 valence electrons. The summed E-state index contributed by atoms with van der Waals surface area (Å²) in [5, 5.41) is 11.6. The van der Waals surface area contributed by atoms with Crippen LogP contribution in [0, 0.1) is 17.2 Å². The van der Waals surface area contributed by atoms with Gasteiger partial charge >= 0.3 is 5.97 Å². The van der Waals surface area contributed by atoms with Gasteiger partial charge in [-0.25, -0.2) is 4.79 Å². The molecule has 1 amide bonds. The molecule has 1 heterocycles. The normalized spacial score (nSPS) is 13.1. The van der Waals surface area contributed by atoms with Gasteiger partial charge in [0.2, 0.25) is 0 Å². The van der Waals surface area contributed by atoms with Gasteiger partial charge in [-0.15, -0.1) is 0 Å². The van der Waals surface area contributed by atoms with E-state index >= 15 is 0 Å². The van der Waals surface area contributed by atoms with Crippen LogP contribution in [0.1, 0.15) is 31.1 Å². The van der Waals surface area contributed by atoms with Crippen LogP contribution < -0.4 is 10.9 Å². The fourth-order valence-corrected chi connectivity index (χ4v) is 1.42. The molecule has 0 bridgehead atoms. The predicted molar refractivity (Wildman–Crippen MR) is 74.3 cm³/mol. The number of rotatable bonds is 5. The van der Waals surface area contributed by atoms with E-state index in [0.29, 0.717) is 0 Å². The molecule has 0 aliphatic carbocycles. The second kappa shape index (κ2) is 6.70. The maximum atomic E-state index is 11.7. The first-order valence-electron chi connectivity index (χ1n) is 6.37. The van der Waals surface area contributed by atoms with Crippen molar-refractivity contribution in [2.45, 2.75) is 26.3 Å². The van der Waals surface area contributed by atoms with Gasteiger partial charge in [-0.3, -0.25) is 9.59 Å². The van der Waals surface area contributed by atoms with Gasteiger partial charge in [-0.05, 0) is 25.0 Å². The summed E-state index contributed by atoms with van der Waals surface area (Å²) < 4.78 is 4.76. The van der Waals surface area contributed by atoms with Gasteiger partial charge < -0.3 is 15.0 Å². The molecular formula is C14H17N3O4. The first-order valence-corrected chi connectivity index (χ1v) is 6.37. The Morgan fingerprint density at radius 2 is 2.19 bits per heavy atom. The van der Waals surface area contributed by atoms with Crippen molar-refractivity contribution in [2.75, 3.05) is 6.61 Å². The maximum Gasteiger partial charge on any atom is 0.344 e. The van der Waals surface area contributed by atoms with Crippen LogP contribution >= 0.6 is 0 Å². The Morgan fingerprint density at radius 3 is 2.71 bits per heavy atom. The molecule has 21 heavy (non-hydrogen) atoms. The lowest BCUT2D eigenvalue weighted by atomic mass is 9.90. The van der Waals surface area contributed by atoms with Crippen molar-refractivity contribution in [1.82, 2.24) is 10.3 Å². The first-order chi connectivity index (χ1) is 9.80. The van der Waals surface area contributed by atoms with E-state index in [1.165, 1.54) is 18.3 Å². The summed E-state index contributed by atoms with van der Waals surface area (Å²) >= 11 is 0. The number of carbonyl (C=O) groups excluding carboxylic acids is 2. The van der Waals surface area contributed by atoms with E-state index in [2.05, 4.69) is 10.3 Å².